The number of rotatable bonds is 7. The lowest BCUT2D eigenvalue weighted by molar-refractivity contribution is 0.0999. The van der Waals surface area contributed by atoms with E-state index in [0.29, 0.717) is 12.2 Å². The third-order valence-electron chi connectivity index (χ3n) is 3.83. The van der Waals surface area contributed by atoms with Crippen LogP contribution in [0.5, 0.6) is 5.75 Å². The molecule has 22 heavy (non-hydrogen) atoms. The molecule has 3 heteroatoms. The fourth-order valence-electron chi connectivity index (χ4n) is 2.56. The fraction of sp³-hybridized carbons (Fsp3) is 0.316. The van der Waals surface area contributed by atoms with Gasteiger partial charge in [-0.05, 0) is 24.1 Å². The van der Waals surface area contributed by atoms with Crippen molar-refractivity contribution in [2.45, 2.75) is 32.6 Å². The number of hydrogen-bond donors (Lipinski definition) is 1. The topological polar surface area (TPSA) is 52.3 Å². The number of carbonyl (C=O) groups is 1. The van der Waals surface area contributed by atoms with E-state index in [9.17, 15) is 4.79 Å². The molecule has 0 fully saturated rings. The molecule has 0 aliphatic carbocycles. The van der Waals surface area contributed by atoms with E-state index in [1.54, 1.807) is 6.07 Å². The van der Waals surface area contributed by atoms with Crippen LogP contribution in [0.25, 0.3) is 0 Å². The number of hydrogen-bond acceptors (Lipinski definition) is 2. The van der Waals surface area contributed by atoms with Crippen molar-refractivity contribution < 1.29 is 9.53 Å². The summed E-state index contributed by atoms with van der Waals surface area (Å²) in [5, 5.41) is 0. The zero-order valence-electron chi connectivity index (χ0n) is 13.2. The van der Waals surface area contributed by atoms with Crippen LogP contribution < -0.4 is 10.5 Å². The molecule has 3 nitrogen and oxygen atoms in total. The van der Waals surface area contributed by atoms with Crippen LogP contribution in [0, 0.1) is 0 Å². The molecule has 2 aromatic rings. The molecule has 0 bridgehead atoms. The van der Waals surface area contributed by atoms with Gasteiger partial charge < -0.3 is 10.5 Å². The molecule has 0 aliphatic heterocycles. The summed E-state index contributed by atoms with van der Waals surface area (Å²) in [6.45, 7) is 4.92. The molecule has 1 amide bonds. The molecule has 0 spiro atoms. The van der Waals surface area contributed by atoms with E-state index >= 15 is 0 Å². The predicted octanol–water partition coefficient (Wildman–Crippen LogP) is 4.12. The Bertz CT molecular complexity index is 637. The van der Waals surface area contributed by atoms with Crippen LogP contribution in [0.15, 0.2) is 48.5 Å². The maximum atomic E-state index is 11.6. The molecule has 1 unspecified atom stereocenters. The van der Waals surface area contributed by atoms with Gasteiger partial charge >= 0.3 is 0 Å². The SMILES string of the molecule is CCCCOc1ccccc1C(C)c1ccccc1C(N)=O. The Kier molecular flexibility index (Phi) is 5.59. The molecule has 0 aromatic heterocycles. The van der Waals surface area contributed by atoms with E-state index in [4.69, 9.17) is 10.5 Å². The standard InChI is InChI=1S/C19H23NO2/c1-3-4-13-22-18-12-8-7-10-16(18)14(2)15-9-5-6-11-17(15)19(20)21/h5-12,14H,3-4,13H2,1-2H3,(H2,20,21). The average Bonchev–Trinajstić information content (AvgIpc) is 2.55. The highest BCUT2D eigenvalue weighted by molar-refractivity contribution is 5.94. The summed E-state index contributed by atoms with van der Waals surface area (Å²) in [6.07, 6.45) is 2.13. The summed E-state index contributed by atoms with van der Waals surface area (Å²) >= 11 is 0. The molecule has 2 N–H and O–H groups in total. The molecular formula is C19H23NO2. The van der Waals surface area contributed by atoms with Gasteiger partial charge in [0.25, 0.3) is 0 Å². The first-order valence-electron chi connectivity index (χ1n) is 7.75. The quantitative estimate of drug-likeness (QED) is 0.782. The molecule has 0 heterocycles. The van der Waals surface area contributed by atoms with E-state index in [1.807, 2.05) is 42.5 Å². The summed E-state index contributed by atoms with van der Waals surface area (Å²) in [7, 11) is 0. The number of carbonyl (C=O) groups excluding carboxylic acids is 1. The molecule has 2 rings (SSSR count). The normalized spacial score (nSPS) is 11.9. The number of unbranched alkanes of at least 4 members (excludes halogenated alkanes) is 1. The van der Waals surface area contributed by atoms with E-state index in [1.165, 1.54) is 0 Å². The smallest absolute Gasteiger partial charge is 0.248 e. The van der Waals surface area contributed by atoms with Crippen molar-refractivity contribution in [3.8, 4) is 5.75 Å². The van der Waals surface area contributed by atoms with Gasteiger partial charge in [0.1, 0.15) is 5.75 Å². The van der Waals surface area contributed by atoms with Crippen molar-refractivity contribution >= 4 is 5.91 Å². The van der Waals surface area contributed by atoms with Crippen molar-refractivity contribution in [2.75, 3.05) is 6.61 Å². The Labute approximate surface area is 132 Å². The van der Waals surface area contributed by atoms with Gasteiger partial charge in [0.05, 0.1) is 6.61 Å². The number of ether oxygens (including phenoxy) is 1. The average molecular weight is 297 g/mol. The highest BCUT2D eigenvalue weighted by Crippen LogP contribution is 2.33. The van der Waals surface area contributed by atoms with Crippen LogP contribution in [-0.4, -0.2) is 12.5 Å². The van der Waals surface area contributed by atoms with Gasteiger partial charge in [-0.3, -0.25) is 4.79 Å². The molecular weight excluding hydrogens is 274 g/mol. The maximum absolute atomic E-state index is 11.6. The summed E-state index contributed by atoms with van der Waals surface area (Å²) < 4.78 is 5.90. The monoisotopic (exact) mass is 297 g/mol. The zero-order chi connectivity index (χ0) is 15.9. The summed E-state index contributed by atoms with van der Waals surface area (Å²) in [6, 6.07) is 15.5. The lowest BCUT2D eigenvalue weighted by Crippen LogP contribution is -2.15. The van der Waals surface area contributed by atoms with Crippen LogP contribution >= 0.6 is 0 Å². The summed E-state index contributed by atoms with van der Waals surface area (Å²) in [5.74, 6) is 0.524. The van der Waals surface area contributed by atoms with Gasteiger partial charge in [-0.25, -0.2) is 0 Å². The first kappa shape index (κ1) is 16.1. The first-order chi connectivity index (χ1) is 10.6. The Hall–Kier alpha value is -2.29. The largest absolute Gasteiger partial charge is 0.493 e. The van der Waals surface area contributed by atoms with Gasteiger partial charge in [0, 0.05) is 17.0 Å². The number of primary amides is 1. The lowest BCUT2D eigenvalue weighted by Gasteiger charge is -2.19. The maximum Gasteiger partial charge on any atom is 0.248 e. The van der Waals surface area contributed by atoms with Gasteiger partial charge in [-0.1, -0.05) is 56.7 Å². The molecule has 2 aromatic carbocycles. The third kappa shape index (κ3) is 3.67. The van der Waals surface area contributed by atoms with Crippen LogP contribution in [0.1, 0.15) is 54.1 Å². The van der Waals surface area contributed by atoms with Crippen molar-refractivity contribution in [1.82, 2.24) is 0 Å². The van der Waals surface area contributed by atoms with Crippen LogP contribution in [-0.2, 0) is 0 Å². The first-order valence-corrected chi connectivity index (χ1v) is 7.75. The van der Waals surface area contributed by atoms with Gasteiger partial charge in [-0.2, -0.15) is 0 Å². The number of benzene rings is 2. The summed E-state index contributed by atoms with van der Waals surface area (Å²) in [5.41, 5.74) is 8.07. The highest BCUT2D eigenvalue weighted by Gasteiger charge is 2.18. The Morgan fingerprint density at radius 3 is 2.41 bits per heavy atom. The number of amides is 1. The molecule has 116 valence electrons. The fourth-order valence-corrected chi connectivity index (χ4v) is 2.56. The van der Waals surface area contributed by atoms with Crippen LogP contribution in [0.2, 0.25) is 0 Å². The Morgan fingerprint density at radius 2 is 1.73 bits per heavy atom. The van der Waals surface area contributed by atoms with Crippen LogP contribution in [0.4, 0.5) is 0 Å². The molecule has 0 saturated carbocycles. The second kappa shape index (κ2) is 7.64. The van der Waals surface area contributed by atoms with Gasteiger partial charge in [-0.15, -0.1) is 0 Å². The van der Waals surface area contributed by atoms with Crippen LogP contribution in [0.3, 0.4) is 0 Å². The van der Waals surface area contributed by atoms with Crippen molar-refractivity contribution in [2.24, 2.45) is 5.73 Å². The van der Waals surface area contributed by atoms with E-state index < -0.39 is 5.91 Å². The van der Waals surface area contributed by atoms with E-state index in [0.717, 1.165) is 29.7 Å². The Balaban J connectivity index is 2.34. The highest BCUT2D eigenvalue weighted by atomic mass is 16.5. The summed E-state index contributed by atoms with van der Waals surface area (Å²) in [4.78, 5) is 11.6. The van der Waals surface area contributed by atoms with Crippen molar-refractivity contribution in [3.63, 3.8) is 0 Å². The van der Waals surface area contributed by atoms with Crippen molar-refractivity contribution in [3.05, 3.63) is 65.2 Å². The predicted molar refractivity (Wildman–Crippen MR) is 89.3 cm³/mol. The zero-order valence-corrected chi connectivity index (χ0v) is 13.2. The third-order valence-corrected chi connectivity index (χ3v) is 3.83. The minimum absolute atomic E-state index is 0.0431. The second-order valence-electron chi connectivity index (χ2n) is 5.41. The van der Waals surface area contributed by atoms with Gasteiger partial charge in [0.15, 0.2) is 0 Å². The van der Waals surface area contributed by atoms with Gasteiger partial charge in [0.2, 0.25) is 5.91 Å². The molecule has 0 aliphatic rings. The minimum atomic E-state index is -0.396. The minimum Gasteiger partial charge on any atom is -0.493 e. The van der Waals surface area contributed by atoms with Crippen molar-refractivity contribution in [1.29, 1.82) is 0 Å². The molecule has 0 radical (unpaired) electrons. The number of nitrogens with two attached hydrogens (primary N) is 1. The molecule has 1 atom stereocenters. The molecule has 0 saturated heterocycles. The number of para-hydroxylation sites is 1. The van der Waals surface area contributed by atoms with E-state index in [2.05, 4.69) is 13.8 Å². The Morgan fingerprint density at radius 1 is 1.09 bits per heavy atom. The lowest BCUT2D eigenvalue weighted by atomic mass is 9.89. The van der Waals surface area contributed by atoms with E-state index in [-0.39, 0.29) is 5.92 Å². The second-order valence-corrected chi connectivity index (χ2v) is 5.41.